The minimum absolute atomic E-state index is 0.0106. The molecule has 8 nitrogen and oxygen atoms in total. The van der Waals surface area contributed by atoms with Gasteiger partial charge in [-0.25, -0.2) is 4.39 Å². The maximum atomic E-state index is 13.9. The summed E-state index contributed by atoms with van der Waals surface area (Å²) in [6.45, 7) is 9.68. The lowest BCUT2D eigenvalue weighted by Gasteiger charge is -2.41. The van der Waals surface area contributed by atoms with E-state index in [4.69, 9.17) is 4.98 Å². The topological polar surface area (TPSA) is 81.7 Å². The van der Waals surface area contributed by atoms with Crippen LogP contribution in [0.1, 0.15) is 53.6 Å². The molecule has 9 heteroatoms. The highest BCUT2D eigenvalue weighted by Gasteiger charge is 2.41. The molecule has 0 unspecified atom stereocenters. The van der Waals surface area contributed by atoms with Crippen molar-refractivity contribution in [1.29, 1.82) is 0 Å². The quantitative estimate of drug-likeness (QED) is 0.516. The average Bonchev–Trinajstić information content (AvgIpc) is 3.39. The summed E-state index contributed by atoms with van der Waals surface area (Å²) >= 11 is 0. The normalized spacial score (nSPS) is 21.9. The second kappa shape index (κ2) is 10.4. The number of carbonyl (C=O) groups excluding carboxylic acids is 2. The number of fused-ring (bicyclic) bond motifs is 2. The third kappa shape index (κ3) is 5.11. The van der Waals surface area contributed by atoms with Crippen LogP contribution in [-0.2, 0) is 23.2 Å². The van der Waals surface area contributed by atoms with Crippen LogP contribution in [0.3, 0.4) is 0 Å². The maximum Gasteiger partial charge on any atom is 0.273 e. The number of piperazine rings is 1. The van der Waals surface area contributed by atoms with Gasteiger partial charge in [-0.15, -0.1) is 0 Å². The first-order chi connectivity index (χ1) is 19.2. The second-order valence-corrected chi connectivity index (χ2v) is 12.0. The Morgan fingerprint density at radius 1 is 1.15 bits per heavy atom. The molecule has 1 saturated heterocycles. The van der Waals surface area contributed by atoms with Crippen LogP contribution in [0.5, 0.6) is 0 Å². The fourth-order valence-corrected chi connectivity index (χ4v) is 6.19. The lowest BCUT2D eigenvalue weighted by molar-refractivity contribution is -0.120. The molecule has 3 aliphatic heterocycles. The van der Waals surface area contributed by atoms with E-state index in [1.54, 1.807) is 18.3 Å². The van der Waals surface area contributed by atoms with E-state index in [0.29, 0.717) is 38.3 Å². The van der Waals surface area contributed by atoms with E-state index >= 15 is 0 Å². The third-order valence-corrected chi connectivity index (χ3v) is 8.27. The van der Waals surface area contributed by atoms with Gasteiger partial charge in [0.25, 0.3) is 5.91 Å². The number of amides is 2. The number of hydrogen-bond acceptors (Lipinski definition) is 6. The molecule has 1 fully saturated rings. The Labute approximate surface area is 234 Å². The Kier molecular flexibility index (Phi) is 6.88. The van der Waals surface area contributed by atoms with Crippen molar-refractivity contribution < 1.29 is 14.0 Å². The molecule has 1 aromatic carbocycles. The van der Waals surface area contributed by atoms with Gasteiger partial charge >= 0.3 is 0 Å². The van der Waals surface area contributed by atoms with Crippen LogP contribution in [0.15, 0.2) is 54.9 Å². The molecule has 0 spiro atoms. The Morgan fingerprint density at radius 3 is 2.73 bits per heavy atom. The molecule has 40 heavy (non-hydrogen) atoms. The third-order valence-electron chi connectivity index (χ3n) is 8.27. The van der Waals surface area contributed by atoms with Gasteiger partial charge < -0.3 is 15.1 Å². The largest absolute Gasteiger partial charge is 0.331 e. The number of nitrogens with zero attached hydrogens (tertiary/aromatic N) is 5. The first-order valence-electron chi connectivity index (χ1n) is 13.9. The van der Waals surface area contributed by atoms with Crippen molar-refractivity contribution in [2.45, 2.75) is 51.2 Å². The average molecular weight is 543 g/mol. The van der Waals surface area contributed by atoms with Gasteiger partial charge in [0.1, 0.15) is 11.5 Å². The van der Waals surface area contributed by atoms with E-state index in [0.717, 1.165) is 34.6 Å². The van der Waals surface area contributed by atoms with E-state index < -0.39 is 0 Å². The Morgan fingerprint density at radius 2 is 1.95 bits per heavy atom. The summed E-state index contributed by atoms with van der Waals surface area (Å²) in [6, 6.07) is 12.6. The predicted molar refractivity (Wildman–Crippen MR) is 151 cm³/mol. The smallest absolute Gasteiger partial charge is 0.273 e. The first-order valence-corrected chi connectivity index (χ1v) is 13.9. The summed E-state index contributed by atoms with van der Waals surface area (Å²) in [4.78, 5) is 41.9. The fraction of sp³-hybridized carbons (Fsp3) is 0.419. The minimum atomic E-state index is -0.268. The number of rotatable bonds is 6. The number of carbonyl (C=O) groups is 2. The zero-order chi connectivity index (χ0) is 28.0. The van der Waals surface area contributed by atoms with Crippen LogP contribution >= 0.6 is 0 Å². The van der Waals surface area contributed by atoms with Crippen molar-refractivity contribution in [2.75, 3.05) is 37.6 Å². The monoisotopic (exact) mass is 542 g/mol. The highest BCUT2D eigenvalue weighted by molar-refractivity contribution is 5.97. The van der Waals surface area contributed by atoms with Crippen molar-refractivity contribution in [2.24, 2.45) is 0 Å². The summed E-state index contributed by atoms with van der Waals surface area (Å²) in [7, 11) is 0. The molecule has 3 aliphatic rings. The number of nitrogens with one attached hydrogen (secondary N) is 1. The molecule has 2 aromatic heterocycles. The number of pyridine rings is 2. The first kappa shape index (κ1) is 26.5. The van der Waals surface area contributed by atoms with E-state index in [9.17, 15) is 14.0 Å². The van der Waals surface area contributed by atoms with Crippen LogP contribution < -0.4 is 10.2 Å². The summed E-state index contributed by atoms with van der Waals surface area (Å²) in [5, 5.41) is 3.52. The summed E-state index contributed by atoms with van der Waals surface area (Å²) in [5.41, 5.74) is 4.96. The van der Waals surface area contributed by atoms with E-state index in [1.165, 1.54) is 12.1 Å². The minimum Gasteiger partial charge on any atom is -0.331 e. The highest BCUT2D eigenvalue weighted by atomic mass is 19.1. The maximum absolute atomic E-state index is 13.9. The van der Waals surface area contributed by atoms with Crippen molar-refractivity contribution in [3.05, 3.63) is 88.8 Å². The molecule has 208 valence electrons. The van der Waals surface area contributed by atoms with Gasteiger partial charge in [0.05, 0.1) is 17.9 Å². The number of hydrogen-bond donors (Lipinski definition) is 1. The molecule has 2 amide bonds. The predicted octanol–water partition coefficient (Wildman–Crippen LogP) is 3.15. The number of anilines is 1. The van der Waals surface area contributed by atoms with Crippen molar-refractivity contribution in [3.8, 4) is 0 Å². The van der Waals surface area contributed by atoms with Crippen LogP contribution in [0, 0.1) is 5.82 Å². The molecular formula is C31H35FN6O2. The molecule has 0 saturated carbocycles. The molecule has 3 aromatic rings. The zero-order valence-electron chi connectivity index (χ0n) is 23.2. The number of halogens is 1. The van der Waals surface area contributed by atoms with Crippen LogP contribution in [0.25, 0.3) is 0 Å². The van der Waals surface area contributed by atoms with Crippen LogP contribution in [0.2, 0.25) is 0 Å². The molecule has 0 aliphatic carbocycles. The summed E-state index contributed by atoms with van der Waals surface area (Å²) in [5.74, 6) is -0.273. The van der Waals surface area contributed by atoms with E-state index in [-0.39, 0.29) is 41.7 Å². The van der Waals surface area contributed by atoms with Gasteiger partial charge in [-0.1, -0.05) is 32.0 Å². The Bertz CT molecular complexity index is 1440. The van der Waals surface area contributed by atoms with Gasteiger partial charge in [-0.05, 0) is 48.7 Å². The lowest BCUT2D eigenvalue weighted by Crippen LogP contribution is -2.60. The standard InChI is InChI=1S/C31H35FN6O2/c1-20-15-36(25(14-34-20)17-37-16-23-5-4-10-33-28(23)30(37)40)18-27(39)38-19-31(2,3)29-26(38)12-22(13-35-29)11-21-6-8-24(32)9-7-21/h4-10,12-13,20,25,34H,11,14-19H2,1-3H3/t20-,25-/m1/s1. The zero-order valence-corrected chi connectivity index (χ0v) is 23.2. The number of benzene rings is 1. The van der Waals surface area contributed by atoms with Crippen LogP contribution in [-0.4, -0.2) is 76.4 Å². The van der Waals surface area contributed by atoms with Crippen molar-refractivity contribution in [1.82, 2.24) is 25.1 Å². The molecule has 1 N–H and O–H groups in total. The fourth-order valence-electron chi connectivity index (χ4n) is 6.19. The molecule has 2 atom stereocenters. The summed E-state index contributed by atoms with van der Waals surface area (Å²) < 4.78 is 13.4. The van der Waals surface area contributed by atoms with Gasteiger partial charge in [0, 0.05) is 68.2 Å². The molecule has 6 rings (SSSR count). The SMILES string of the molecule is C[C@@H]1CN(CC(=O)N2CC(C)(C)c3ncc(Cc4ccc(F)cc4)cc32)[C@@H](CN2Cc3cccnc3C2=O)CN1. The molecule has 0 radical (unpaired) electrons. The number of aromatic nitrogens is 2. The van der Waals surface area contributed by atoms with Gasteiger partial charge in [0.2, 0.25) is 5.91 Å². The second-order valence-electron chi connectivity index (χ2n) is 12.0. The van der Waals surface area contributed by atoms with E-state index in [2.05, 4.69) is 42.0 Å². The Balaban J connectivity index is 1.19. The van der Waals surface area contributed by atoms with Gasteiger partial charge in [-0.2, -0.15) is 0 Å². The van der Waals surface area contributed by atoms with Gasteiger partial charge in [0.15, 0.2) is 0 Å². The highest BCUT2D eigenvalue weighted by Crippen LogP contribution is 2.40. The molecule has 0 bridgehead atoms. The lowest BCUT2D eigenvalue weighted by atomic mass is 9.91. The van der Waals surface area contributed by atoms with Crippen molar-refractivity contribution in [3.63, 3.8) is 0 Å². The van der Waals surface area contributed by atoms with Crippen molar-refractivity contribution >= 4 is 17.5 Å². The molecule has 5 heterocycles. The molecular weight excluding hydrogens is 507 g/mol. The summed E-state index contributed by atoms with van der Waals surface area (Å²) in [6.07, 6.45) is 4.14. The van der Waals surface area contributed by atoms with Gasteiger partial charge in [-0.3, -0.25) is 24.5 Å². The van der Waals surface area contributed by atoms with E-state index in [1.807, 2.05) is 28.1 Å². The Hall–Kier alpha value is -3.69. The van der Waals surface area contributed by atoms with Crippen LogP contribution in [0.4, 0.5) is 10.1 Å².